The maximum Gasteiger partial charge on any atom is 0.0613 e. The average Bonchev–Trinajstić information content (AvgIpc) is 2.03. The summed E-state index contributed by atoms with van der Waals surface area (Å²) in [5.74, 6) is 0. The third kappa shape index (κ3) is 2.22. The highest BCUT2D eigenvalue weighted by molar-refractivity contribution is 6.25. The third-order valence-electron chi connectivity index (χ3n) is 2.54. The molecule has 1 saturated carbocycles. The van der Waals surface area contributed by atoms with Crippen LogP contribution in [-0.4, -0.2) is 23.8 Å². The Morgan fingerprint density at radius 1 is 1.67 bits per heavy atom. The van der Waals surface area contributed by atoms with E-state index < -0.39 is 0 Å². The van der Waals surface area contributed by atoms with E-state index in [1.165, 1.54) is 6.42 Å². The first-order valence-electron chi connectivity index (χ1n) is 4.34. The maximum absolute atomic E-state index is 9.11. The zero-order valence-corrected chi connectivity index (χ0v) is 8.19. The minimum absolute atomic E-state index is 0.00115. The van der Waals surface area contributed by atoms with Crippen molar-refractivity contribution in [3.63, 3.8) is 0 Å². The maximum atomic E-state index is 9.11. The van der Waals surface area contributed by atoms with E-state index in [2.05, 4.69) is 5.32 Å². The first-order chi connectivity index (χ1) is 5.72. The van der Waals surface area contributed by atoms with Crippen LogP contribution in [0.25, 0.3) is 0 Å². The highest BCUT2D eigenvalue weighted by Crippen LogP contribution is 2.31. The van der Waals surface area contributed by atoms with Gasteiger partial charge in [0.05, 0.1) is 6.61 Å². The van der Waals surface area contributed by atoms with Crippen molar-refractivity contribution in [2.75, 3.05) is 13.2 Å². The monoisotopic (exact) mass is 189 g/mol. The van der Waals surface area contributed by atoms with E-state index >= 15 is 0 Å². The summed E-state index contributed by atoms with van der Waals surface area (Å²) in [4.78, 5) is 0. The Morgan fingerprint density at radius 2 is 2.33 bits per heavy atom. The quantitative estimate of drug-likeness (QED) is 0.705. The van der Waals surface area contributed by atoms with Gasteiger partial charge in [-0.25, -0.2) is 0 Å². The lowest BCUT2D eigenvalue weighted by molar-refractivity contribution is 0.0919. The summed E-state index contributed by atoms with van der Waals surface area (Å²) in [5.41, 5.74) is 2.69. The highest BCUT2D eigenvalue weighted by Gasteiger charge is 2.35. The first kappa shape index (κ1) is 10.0. The van der Waals surface area contributed by atoms with Crippen LogP contribution in [-0.2, 0) is 0 Å². The molecule has 0 radical (unpaired) electrons. The lowest BCUT2D eigenvalue weighted by Crippen LogP contribution is -2.54. The Kier molecular flexibility index (Phi) is 3.56. The van der Waals surface area contributed by atoms with Crippen LogP contribution in [0.4, 0.5) is 0 Å². The Labute approximate surface area is 78.6 Å². The SMILES string of the molecule is CC(=CCl)CNC1(CO)CCC1. The number of rotatable bonds is 4. The molecular weight excluding hydrogens is 174 g/mol. The number of aliphatic hydroxyl groups excluding tert-OH is 1. The van der Waals surface area contributed by atoms with Gasteiger partial charge in [-0.15, -0.1) is 0 Å². The molecule has 0 bridgehead atoms. The fourth-order valence-corrected chi connectivity index (χ4v) is 1.44. The number of halogens is 1. The topological polar surface area (TPSA) is 32.3 Å². The van der Waals surface area contributed by atoms with Crippen molar-refractivity contribution in [2.24, 2.45) is 0 Å². The molecule has 12 heavy (non-hydrogen) atoms. The molecule has 0 aromatic carbocycles. The van der Waals surface area contributed by atoms with Crippen LogP contribution in [0.1, 0.15) is 26.2 Å². The third-order valence-corrected chi connectivity index (χ3v) is 2.91. The molecule has 0 unspecified atom stereocenters. The molecule has 0 heterocycles. The number of hydrogen-bond acceptors (Lipinski definition) is 2. The molecule has 2 nitrogen and oxygen atoms in total. The molecule has 1 rings (SSSR count). The smallest absolute Gasteiger partial charge is 0.0613 e. The lowest BCUT2D eigenvalue weighted by Gasteiger charge is -2.41. The van der Waals surface area contributed by atoms with E-state index in [0.29, 0.717) is 0 Å². The molecule has 0 aromatic heterocycles. The van der Waals surface area contributed by atoms with Crippen molar-refractivity contribution in [3.8, 4) is 0 Å². The van der Waals surface area contributed by atoms with Gasteiger partial charge in [-0.05, 0) is 31.8 Å². The van der Waals surface area contributed by atoms with Crippen molar-refractivity contribution in [1.29, 1.82) is 0 Å². The van der Waals surface area contributed by atoms with Crippen LogP contribution >= 0.6 is 11.6 Å². The largest absolute Gasteiger partial charge is 0.394 e. The van der Waals surface area contributed by atoms with Crippen molar-refractivity contribution in [2.45, 2.75) is 31.7 Å². The van der Waals surface area contributed by atoms with Crippen LogP contribution in [0.3, 0.4) is 0 Å². The van der Waals surface area contributed by atoms with E-state index in [1.54, 1.807) is 5.54 Å². The predicted molar refractivity (Wildman–Crippen MR) is 51.3 cm³/mol. The fraction of sp³-hybridized carbons (Fsp3) is 0.778. The van der Waals surface area contributed by atoms with Gasteiger partial charge in [0.2, 0.25) is 0 Å². The summed E-state index contributed by atoms with van der Waals surface area (Å²) in [5, 5.41) is 12.4. The second-order valence-electron chi connectivity index (χ2n) is 3.60. The highest BCUT2D eigenvalue weighted by atomic mass is 35.5. The fourth-order valence-electron chi connectivity index (χ4n) is 1.36. The Bertz CT molecular complexity index is 170. The molecule has 1 aliphatic rings. The zero-order chi connectivity index (χ0) is 9.03. The zero-order valence-electron chi connectivity index (χ0n) is 7.44. The van der Waals surface area contributed by atoms with Crippen LogP contribution in [0.2, 0.25) is 0 Å². The van der Waals surface area contributed by atoms with Gasteiger partial charge in [0.15, 0.2) is 0 Å². The van der Waals surface area contributed by atoms with E-state index in [0.717, 1.165) is 25.0 Å². The van der Waals surface area contributed by atoms with Crippen LogP contribution in [0.5, 0.6) is 0 Å². The van der Waals surface area contributed by atoms with E-state index in [-0.39, 0.29) is 12.1 Å². The molecule has 2 N–H and O–H groups in total. The van der Waals surface area contributed by atoms with Crippen molar-refractivity contribution >= 4 is 11.6 Å². The van der Waals surface area contributed by atoms with Crippen molar-refractivity contribution < 1.29 is 5.11 Å². The molecule has 70 valence electrons. The minimum atomic E-state index is 0.00115. The second-order valence-corrected chi connectivity index (χ2v) is 3.82. The van der Waals surface area contributed by atoms with E-state index in [4.69, 9.17) is 16.7 Å². The molecule has 0 aromatic rings. The van der Waals surface area contributed by atoms with Gasteiger partial charge in [0.25, 0.3) is 0 Å². The minimum Gasteiger partial charge on any atom is -0.394 e. The molecule has 0 spiro atoms. The molecule has 3 heteroatoms. The summed E-state index contributed by atoms with van der Waals surface area (Å²) in [6, 6.07) is 0. The normalized spacial score (nSPS) is 22.1. The molecule has 1 aliphatic carbocycles. The summed E-state index contributed by atoms with van der Waals surface area (Å²) in [6.45, 7) is 3.00. The van der Waals surface area contributed by atoms with Gasteiger partial charge >= 0.3 is 0 Å². The molecular formula is C9H16ClNO. The van der Waals surface area contributed by atoms with Crippen LogP contribution in [0.15, 0.2) is 11.1 Å². The van der Waals surface area contributed by atoms with Gasteiger partial charge in [0, 0.05) is 17.6 Å². The predicted octanol–water partition coefficient (Wildman–Crippen LogP) is 1.63. The molecule has 0 aliphatic heterocycles. The van der Waals surface area contributed by atoms with Gasteiger partial charge < -0.3 is 10.4 Å². The molecule has 0 atom stereocenters. The number of hydrogen-bond donors (Lipinski definition) is 2. The van der Waals surface area contributed by atoms with Gasteiger partial charge in [0.1, 0.15) is 0 Å². The van der Waals surface area contributed by atoms with Crippen molar-refractivity contribution in [1.82, 2.24) is 5.32 Å². The molecule has 1 fully saturated rings. The summed E-state index contributed by atoms with van der Waals surface area (Å²) in [7, 11) is 0. The summed E-state index contributed by atoms with van der Waals surface area (Å²) >= 11 is 5.52. The average molecular weight is 190 g/mol. The standard InChI is InChI=1S/C9H16ClNO/c1-8(5-10)6-11-9(7-12)3-2-4-9/h5,11-12H,2-4,6-7H2,1H3. The summed E-state index contributed by atoms with van der Waals surface area (Å²) in [6.07, 6.45) is 3.38. The van der Waals surface area contributed by atoms with Gasteiger partial charge in [-0.2, -0.15) is 0 Å². The molecule has 0 amide bonds. The second kappa shape index (κ2) is 4.26. The van der Waals surface area contributed by atoms with Crippen molar-refractivity contribution in [3.05, 3.63) is 11.1 Å². The van der Waals surface area contributed by atoms with Crippen LogP contribution in [0, 0.1) is 0 Å². The van der Waals surface area contributed by atoms with E-state index in [1.807, 2.05) is 6.92 Å². The Morgan fingerprint density at radius 3 is 2.67 bits per heavy atom. The number of aliphatic hydroxyl groups is 1. The molecule has 0 saturated heterocycles. The van der Waals surface area contributed by atoms with E-state index in [9.17, 15) is 0 Å². The number of nitrogens with one attached hydrogen (secondary N) is 1. The Balaban J connectivity index is 2.29. The van der Waals surface area contributed by atoms with Gasteiger partial charge in [-0.3, -0.25) is 0 Å². The van der Waals surface area contributed by atoms with Gasteiger partial charge in [-0.1, -0.05) is 11.6 Å². The summed E-state index contributed by atoms with van der Waals surface area (Å²) < 4.78 is 0. The lowest BCUT2D eigenvalue weighted by atomic mass is 9.77. The first-order valence-corrected chi connectivity index (χ1v) is 4.78. The Hall–Kier alpha value is -0.0500. The van der Waals surface area contributed by atoms with Crippen LogP contribution < -0.4 is 5.32 Å².